The Morgan fingerprint density at radius 1 is 1.06 bits per heavy atom. The van der Waals surface area contributed by atoms with Crippen molar-refractivity contribution >= 4 is 22.6 Å². The molecule has 0 bridgehead atoms. The van der Waals surface area contributed by atoms with Crippen LogP contribution in [0.1, 0.15) is 11.1 Å². The first kappa shape index (κ1) is 13.2. The number of aryl methyl sites for hydroxylation is 1. The molecule has 18 heavy (non-hydrogen) atoms. The molecule has 0 aliphatic carbocycles. The van der Waals surface area contributed by atoms with Gasteiger partial charge in [0.05, 0.1) is 7.11 Å². The lowest BCUT2D eigenvalue weighted by Gasteiger charge is -2.11. The van der Waals surface area contributed by atoms with Gasteiger partial charge in [0.15, 0.2) is 0 Å². The van der Waals surface area contributed by atoms with E-state index in [0.29, 0.717) is 6.61 Å². The second kappa shape index (κ2) is 6.09. The topological polar surface area (TPSA) is 18.5 Å². The van der Waals surface area contributed by atoms with Gasteiger partial charge in [-0.3, -0.25) is 0 Å². The van der Waals surface area contributed by atoms with Gasteiger partial charge in [-0.1, -0.05) is 11.6 Å². The molecule has 0 amide bonds. The van der Waals surface area contributed by atoms with Crippen molar-refractivity contribution in [3.8, 4) is 11.5 Å². The van der Waals surface area contributed by atoms with Crippen LogP contribution >= 0.6 is 22.6 Å². The molecule has 0 saturated heterocycles. The number of halogens is 1. The highest BCUT2D eigenvalue weighted by Gasteiger charge is 2.04. The quantitative estimate of drug-likeness (QED) is 0.767. The fourth-order valence-corrected chi connectivity index (χ4v) is 2.07. The van der Waals surface area contributed by atoms with E-state index in [1.807, 2.05) is 36.4 Å². The van der Waals surface area contributed by atoms with Gasteiger partial charge in [-0.2, -0.15) is 0 Å². The van der Waals surface area contributed by atoms with E-state index in [9.17, 15) is 0 Å². The first-order chi connectivity index (χ1) is 8.69. The lowest BCUT2D eigenvalue weighted by Crippen LogP contribution is -1.99. The molecule has 0 unspecified atom stereocenters. The first-order valence-electron chi connectivity index (χ1n) is 5.71. The smallest absolute Gasteiger partial charge is 0.125 e. The third-order valence-electron chi connectivity index (χ3n) is 2.64. The molecule has 2 aromatic carbocycles. The molecule has 0 N–H and O–H groups in total. The predicted octanol–water partition coefficient (Wildman–Crippen LogP) is 4.19. The zero-order chi connectivity index (χ0) is 13.0. The molecular weight excluding hydrogens is 339 g/mol. The largest absolute Gasteiger partial charge is 0.496 e. The van der Waals surface area contributed by atoms with Gasteiger partial charge in [0.2, 0.25) is 0 Å². The van der Waals surface area contributed by atoms with Crippen molar-refractivity contribution in [1.82, 2.24) is 0 Å². The summed E-state index contributed by atoms with van der Waals surface area (Å²) in [6.45, 7) is 2.58. The molecule has 0 aliphatic rings. The Balaban J connectivity index is 2.09. The standard InChI is InChI=1S/C15H15IO2/c1-11-3-8-15(17-2)12(9-11)10-18-14-6-4-13(16)5-7-14/h3-9H,10H2,1-2H3. The monoisotopic (exact) mass is 354 g/mol. The Morgan fingerprint density at radius 3 is 2.44 bits per heavy atom. The van der Waals surface area contributed by atoms with Crippen LogP contribution in [0.15, 0.2) is 42.5 Å². The summed E-state index contributed by atoms with van der Waals surface area (Å²) in [4.78, 5) is 0. The van der Waals surface area contributed by atoms with Gasteiger partial charge in [-0.05, 0) is 65.9 Å². The minimum absolute atomic E-state index is 0.519. The SMILES string of the molecule is COc1ccc(C)cc1COc1ccc(I)cc1. The van der Waals surface area contributed by atoms with Crippen LogP contribution in [-0.4, -0.2) is 7.11 Å². The first-order valence-corrected chi connectivity index (χ1v) is 6.79. The van der Waals surface area contributed by atoms with Crippen molar-refractivity contribution in [2.45, 2.75) is 13.5 Å². The number of hydrogen-bond acceptors (Lipinski definition) is 2. The van der Waals surface area contributed by atoms with Crippen LogP contribution in [0.2, 0.25) is 0 Å². The van der Waals surface area contributed by atoms with Gasteiger partial charge in [0, 0.05) is 9.13 Å². The van der Waals surface area contributed by atoms with Crippen molar-refractivity contribution in [2.75, 3.05) is 7.11 Å². The molecule has 2 aromatic rings. The zero-order valence-electron chi connectivity index (χ0n) is 10.4. The molecule has 0 saturated carbocycles. The second-order valence-electron chi connectivity index (χ2n) is 4.06. The molecule has 0 spiro atoms. The van der Waals surface area contributed by atoms with Crippen molar-refractivity contribution in [3.05, 3.63) is 57.2 Å². The number of rotatable bonds is 4. The summed E-state index contributed by atoms with van der Waals surface area (Å²) in [5, 5.41) is 0. The molecule has 0 atom stereocenters. The summed E-state index contributed by atoms with van der Waals surface area (Å²) in [6, 6.07) is 14.1. The summed E-state index contributed by atoms with van der Waals surface area (Å²) >= 11 is 2.28. The van der Waals surface area contributed by atoms with Crippen molar-refractivity contribution in [1.29, 1.82) is 0 Å². The summed E-state index contributed by atoms with van der Waals surface area (Å²) in [6.07, 6.45) is 0. The Kier molecular flexibility index (Phi) is 4.47. The van der Waals surface area contributed by atoms with Crippen LogP contribution in [0.4, 0.5) is 0 Å². The van der Waals surface area contributed by atoms with Crippen LogP contribution in [-0.2, 0) is 6.61 Å². The third kappa shape index (κ3) is 3.38. The summed E-state index contributed by atoms with van der Waals surface area (Å²) in [7, 11) is 1.68. The maximum atomic E-state index is 5.76. The zero-order valence-corrected chi connectivity index (χ0v) is 12.6. The highest BCUT2D eigenvalue weighted by Crippen LogP contribution is 2.22. The lowest BCUT2D eigenvalue weighted by atomic mass is 10.1. The summed E-state index contributed by atoms with van der Waals surface area (Å²) in [5.74, 6) is 1.74. The Morgan fingerprint density at radius 2 is 1.78 bits per heavy atom. The summed E-state index contributed by atoms with van der Waals surface area (Å²) in [5.41, 5.74) is 2.27. The average Bonchev–Trinajstić information content (AvgIpc) is 2.38. The minimum atomic E-state index is 0.519. The van der Waals surface area contributed by atoms with Crippen LogP contribution in [0.25, 0.3) is 0 Å². The normalized spacial score (nSPS) is 10.2. The summed E-state index contributed by atoms with van der Waals surface area (Å²) < 4.78 is 12.3. The van der Waals surface area contributed by atoms with E-state index in [1.54, 1.807) is 7.11 Å². The van der Waals surface area contributed by atoms with E-state index in [2.05, 4.69) is 35.6 Å². The van der Waals surface area contributed by atoms with Gasteiger partial charge in [0.1, 0.15) is 18.1 Å². The van der Waals surface area contributed by atoms with E-state index >= 15 is 0 Å². The van der Waals surface area contributed by atoms with Crippen LogP contribution in [0.3, 0.4) is 0 Å². The van der Waals surface area contributed by atoms with E-state index in [0.717, 1.165) is 17.1 Å². The van der Waals surface area contributed by atoms with Crippen LogP contribution in [0, 0.1) is 10.5 Å². The van der Waals surface area contributed by atoms with Gasteiger partial charge in [-0.25, -0.2) is 0 Å². The molecular formula is C15H15IO2. The van der Waals surface area contributed by atoms with Crippen LogP contribution in [0.5, 0.6) is 11.5 Å². The molecule has 0 radical (unpaired) electrons. The Bertz CT molecular complexity index is 521. The molecule has 2 nitrogen and oxygen atoms in total. The third-order valence-corrected chi connectivity index (χ3v) is 3.36. The highest BCUT2D eigenvalue weighted by atomic mass is 127. The molecule has 0 aliphatic heterocycles. The van der Waals surface area contributed by atoms with E-state index < -0.39 is 0 Å². The molecule has 94 valence electrons. The number of methoxy groups -OCH3 is 1. The fourth-order valence-electron chi connectivity index (χ4n) is 1.71. The Hall–Kier alpha value is -1.23. The average molecular weight is 354 g/mol. The van der Waals surface area contributed by atoms with Crippen molar-refractivity contribution in [2.24, 2.45) is 0 Å². The molecule has 0 fully saturated rings. The van der Waals surface area contributed by atoms with E-state index in [-0.39, 0.29) is 0 Å². The number of hydrogen-bond donors (Lipinski definition) is 0. The minimum Gasteiger partial charge on any atom is -0.496 e. The van der Waals surface area contributed by atoms with Gasteiger partial charge in [-0.15, -0.1) is 0 Å². The van der Waals surface area contributed by atoms with Crippen molar-refractivity contribution < 1.29 is 9.47 Å². The molecule has 0 heterocycles. The van der Waals surface area contributed by atoms with Gasteiger partial charge >= 0.3 is 0 Å². The van der Waals surface area contributed by atoms with Crippen LogP contribution < -0.4 is 9.47 Å². The maximum Gasteiger partial charge on any atom is 0.125 e. The van der Waals surface area contributed by atoms with Gasteiger partial charge in [0.25, 0.3) is 0 Å². The van der Waals surface area contributed by atoms with E-state index in [4.69, 9.17) is 9.47 Å². The second-order valence-corrected chi connectivity index (χ2v) is 5.30. The lowest BCUT2D eigenvalue weighted by molar-refractivity contribution is 0.296. The predicted molar refractivity (Wildman–Crippen MR) is 81.2 cm³/mol. The number of ether oxygens (including phenoxy) is 2. The van der Waals surface area contributed by atoms with Gasteiger partial charge < -0.3 is 9.47 Å². The van der Waals surface area contributed by atoms with Crippen molar-refractivity contribution in [3.63, 3.8) is 0 Å². The molecule has 0 aromatic heterocycles. The Labute approximate surface area is 121 Å². The molecule has 2 rings (SSSR count). The molecule has 3 heteroatoms. The maximum absolute atomic E-state index is 5.76. The highest BCUT2D eigenvalue weighted by molar-refractivity contribution is 14.1. The fraction of sp³-hybridized carbons (Fsp3) is 0.200. The van der Waals surface area contributed by atoms with E-state index in [1.165, 1.54) is 9.13 Å². The number of benzene rings is 2.